The van der Waals surface area contributed by atoms with Crippen LogP contribution in [0.15, 0.2) is 41.4 Å². The highest BCUT2D eigenvalue weighted by Crippen LogP contribution is 2.37. The summed E-state index contributed by atoms with van der Waals surface area (Å²) in [5.41, 5.74) is 3.06. The lowest BCUT2D eigenvalue weighted by Crippen LogP contribution is -2.22. The van der Waals surface area contributed by atoms with Crippen molar-refractivity contribution >= 4 is 52.9 Å². The van der Waals surface area contributed by atoms with Crippen molar-refractivity contribution in [3.63, 3.8) is 0 Å². The van der Waals surface area contributed by atoms with Gasteiger partial charge in [-0.25, -0.2) is 4.99 Å². The average Bonchev–Trinajstić information content (AvgIpc) is 2.49. The van der Waals surface area contributed by atoms with Crippen LogP contribution in [-0.4, -0.2) is 5.96 Å². The summed E-state index contributed by atoms with van der Waals surface area (Å²) in [7, 11) is 0. The fourth-order valence-electron chi connectivity index (χ4n) is 1.94. The lowest BCUT2D eigenvalue weighted by atomic mass is 10.2. The van der Waals surface area contributed by atoms with Crippen molar-refractivity contribution < 1.29 is 26.3 Å². The van der Waals surface area contributed by atoms with Gasteiger partial charge in [-0.3, -0.25) is 0 Å². The number of nitrogens with zero attached hydrogens (tertiary/aromatic N) is 1. The minimum Gasteiger partial charge on any atom is -0.369 e. The number of halogens is 9. The van der Waals surface area contributed by atoms with E-state index in [4.69, 9.17) is 28.9 Å². The topological polar surface area (TPSA) is 50.4 Å². The lowest BCUT2D eigenvalue weighted by Gasteiger charge is -2.12. The van der Waals surface area contributed by atoms with E-state index in [0.29, 0.717) is 12.1 Å². The maximum Gasteiger partial charge on any atom is 0.417 e. The molecule has 0 atom stereocenters. The van der Waals surface area contributed by atoms with Crippen LogP contribution in [0.25, 0.3) is 0 Å². The van der Waals surface area contributed by atoms with E-state index in [1.165, 1.54) is 12.1 Å². The van der Waals surface area contributed by atoms with Crippen LogP contribution in [0.5, 0.6) is 0 Å². The zero-order valence-electron chi connectivity index (χ0n) is 12.9. The minimum atomic E-state index is -4.69. The van der Waals surface area contributed by atoms with Gasteiger partial charge in [-0.05, 0) is 36.4 Å². The summed E-state index contributed by atoms with van der Waals surface area (Å²) < 4.78 is 76.9. The number of nitrogens with two attached hydrogens (primary N) is 1. The maximum atomic E-state index is 12.8. The Morgan fingerprint density at radius 2 is 1.33 bits per heavy atom. The van der Waals surface area contributed by atoms with Gasteiger partial charge in [0.05, 0.1) is 26.9 Å². The first-order valence-corrected chi connectivity index (χ1v) is 7.48. The fraction of sp³-hybridized carbons (Fsp3) is 0.133. The van der Waals surface area contributed by atoms with Gasteiger partial charge in [-0.1, -0.05) is 23.2 Å². The summed E-state index contributed by atoms with van der Waals surface area (Å²) >= 11 is 11.0. The molecule has 3 nitrogen and oxygen atoms in total. The molecule has 2 rings (SSSR count). The van der Waals surface area contributed by atoms with Crippen LogP contribution < -0.4 is 11.1 Å². The molecule has 27 heavy (non-hydrogen) atoms. The summed E-state index contributed by atoms with van der Waals surface area (Å²) in [6.45, 7) is 0. The standard InChI is InChI=1S/C15H9Cl2F6N3.ClH/c16-11-3-1-7(5-9(11)14(18,19)20)25-13(24)26-8-2-4-12(17)10(6-8)15(21,22)23;/h1-6H,(H3,24,25,26);1H. The molecule has 0 amide bonds. The first-order valence-electron chi connectivity index (χ1n) is 6.72. The van der Waals surface area contributed by atoms with Gasteiger partial charge >= 0.3 is 12.4 Å². The molecular weight excluding hydrogens is 443 g/mol. The molecule has 0 bridgehead atoms. The highest BCUT2D eigenvalue weighted by atomic mass is 35.5. The number of hydrogen-bond donors (Lipinski definition) is 2. The van der Waals surface area contributed by atoms with E-state index in [1.54, 1.807) is 0 Å². The average molecular weight is 453 g/mol. The molecule has 0 aromatic heterocycles. The molecule has 2 aromatic rings. The van der Waals surface area contributed by atoms with Crippen molar-refractivity contribution in [3.8, 4) is 0 Å². The van der Waals surface area contributed by atoms with Gasteiger partial charge < -0.3 is 11.1 Å². The molecule has 148 valence electrons. The van der Waals surface area contributed by atoms with Crippen LogP contribution in [0, 0.1) is 0 Å². The van der Waals surface area contributed by atoms with E-state index < -0.39 is 39.5 Å². The lowest BCUT2D eigenvalue weighted by molar-refractivity contribution is -0.138. The predicted molar refractivity (Wildman–Crippen MR) is 95.1 cm³/mol. The summed E-state index contributed by atoms with van der Waals surface area (Å²) in [6.07, 6.45) is -9.37. The summed E-state index contributed by atoms with van der Waals surface area (Å²) in [4.78, 5) is 3.69. The van der Waals surface area contributed by atoms with Gasteiger partial charge in [0, 0.05) is 5.69 Å². The van der Waals surface area contributed by atoms with Gasteiger partial charge in [0.15, 0.2) is 5.96 Å². The summed E-state index contributed by atoms with van der Waals surface area (Å²) in [5.74, 6) is -0.420. The molecule has 0 heterocycles. The highest BCUT2D eigenvalue weighted by molar-refractivity contribution is 6.31. The van der Waals surface area contributed by atoms with E-state index in [-0.39, 0.29) is 23.8 Å². The number of hydrogen-bond acceptors (Lipinski definition) is 1. The number of benzene rings is 2. The number of alkyl halides is 6. The summed E-state index contributed by atoms with van der Waals surface area (Å²) in [6, 6.07) is 5.75. The summed E-state index contributed by atoms with van der Waals surface area (Å²) in [5, 5.41) is 1.33. The van der Waals surface area contributed by atoms with Crippen molar-refractivity contribution in [2.75, 3.05) is 5.32 Å². The van der Waals surface area contributed by atoms with Crippen LogP contribution >= 0.6 is 35.6 Å². The van der Waals surface area contributed by atoms with Crippen molar-refractivity contribution in [1.82, 2.24) is 0 Å². The van der Waals surface area contributed by atoms with Crippen LogP contribution in [0.4, 0.5) is 37.7 Å². The molecule has 3 N–H and O–H groups in total. The second-order valence-corrected chi connectivity index (χ2v) is 5.79. The Balaban J connectivity index is 0.00000364. The Morgan fingerprint density at radius 3 is 1.85 bits per heavy atom. The van der Waals surface area contributed by atoms with Crippen LogP contribution in [-0.2, 0) is 12.4 Å². The Bertz CT molecular complexity index is 850. The first-order chi connectivity index (χ1) is 11.9. The Labute approximate surface area is 165 Å². The third-order valence-electron chi connectivity index (χ3n) is 3.05. The van der Waals surface area contributed by atoms with Crippen molar-refractivity contribution in [2.24, 2.45) is 10.7 Å². The molecule has 0 fully saturated rings. The second-order valence-electron chi connectivity index (χ2n) is 4.98. The zero-order chi connectivity index (χ0) is 19.7. The number of anilines is 1. The maximum absolute atomic E-state index is 12.8. The van der Waals surface area contributed by atoms with E-state index in [1.807, 2.05) is 0 Å². The molecule has 0 aliphatic heterocycles. The molecule has 0 saturated carbocycles. The van der Waals surface area contributed by atoms with Gasteiger partial charge in [0.2, 0.25) is 0 Å². The molecule has 0 aliphatic carbocycles. The molecule has 0 radical (unpaired) electrons. The van der Waals surface area contributed by atoms with Crippen LogP contribution in [0.3, 0.4) is 0 Å². The van der Waals surface area contributed by atoms with Gasteiger partial charge in [0.25, 0.3) is 0 Å². The molecule has 2 aromatic carbocycles. The molecular formula is C15H10Cl3F6N3. The normalized spacial score (nSPS) is 12.5. The van der Waals surface area contributed by atoms with Gasteiger partial charge in [-0.15, -0.1) is 12.4 Å². The number of aliphatic imine (C=N–C) groups is 1. The van der Waals surface area contributed by atoms with Gasteiger partial charge in [0.1, 0.15) is 0 Å². The highest BCUT2D eigenvalue weighted by Gasteiger charge is 2.34. The Morgan fingerprint density at radius 1 is 0.852 bits per heavy atom. The van der Waals surface area contributed by atoms with Crippen molar-refractivity contribution in [3.05, 3.63) is 57.6 Å². The molecule has 0 aliphatic rings. The SMILES string of the molecule is Cl.NC(=Nc1ccc(Cl)c(C(F)(F)F)c1)Nc1ccc(Cl)c(C(F)(F)F)c1. The van der Waals surface area contributed by atoms with E-state index >= 15 is 0 Å². The van der Waals surface area contributed by atoms with Crippen LogP contribution in [0.1, 0.15) is 11.1 Å². The monoisotopic (exact) mass is 451 g/mol. The molecule has 0 unspecified atom stereocenters. The smallest absolute Gasteiger partial charge is 0.369 e. The molecule has 0 spiro atoms. The zero-order valence-corrected chi connectivity index (χ0v) is 15.2. The van der Waals surface area contributed by atoms with Crippen molar-refractivity contribution in [1.29, 1.82) is 0 Å². The first kappa shape index (κ1) is 23.2. The van der Waals surface area contributed by atoms with E-state index in [0.717, 1.165) is 12.1 Å². The van der Waals surface area contributed by atoms with Gasteiger partial charge in [-0.2, -0.15) is 26.3 Å². The third-order valence-corrected chi connectivity index (χ3v) is 3.71. The fourth-order valence-corrected chi connectivity index (χ4v) is 2.38. The Hall–Kier alpha value is -1.84. The minimum absolute atomic E-state index is 0. The second kappa shape index (κ2) is 8.45. The van der Waals surface area contributed by atoms with E-state index in [2.05, 4.69) is 10.3 Å². The molecule has 12 heteroatoms. The third kappa shape index (κ3) is 6.08. The number of nitrogens with one attached hydrogen (secondary N) is 1. The number of guanidine groups is 1. The largest absolute Gasteiger partial charge is 0.417 e. The predicted octanol–water partition coefficient (Wildman–Crippen LogP) is 6.51. The molecule has 0 saturated heterocycles. The van der Waals surface area contributed by atoms with E-state index in [9.17, 15) is 26.3 Å². The quantitative estimate of drug-likeness (QED) is 0.310. The van der Waals surface area contributed by atoms with Crippen LogP contribution in [0.2, 0.25) is 10.0 Å². The van der Waals surface area contributed by atoms with Crippen molar-refractivity contribution in [2.45, 2.75) is 12.4 Å². The Kier molecular flexibility index (Phi) is 7.26. The number of rotatable bonds is 2.